The Labute approximate surface area is 146 Å². The highest BCUT2D eigenvalue weighted by atomic mass is 32.1. The number of hydrogen-bond donors (Lipinski definition) is 1. The standard InChI is InChI=1S/C17H23N5OS/c1-12-5-4-6-15(11-12)18-16(23)13(2)21-7-9-22(10-8-21)17-20-19-14(3)24-17/h4-6,11,13H,7-10H2,1-3H3,(H,18,23). The summed E-state index contributed by atoms with van der Waals surface area (Å²) in [6.07, 6.45) is 0. The molecule has 0 saturated carbocycles. The largest absolute Gasteiger partial charge is 0.344 e. The van der Waals surface area contributed by atoms with E-state index in [-0.39, 0.29) is 11.9 Å². The molecular formula is C17H23N5OS. The van der Waals surface area contributed by atoms with Crippen molar-refractivity contribution < 1.29 is 4.79 Å². The Kier molecular flexibility index (Phi) is 5.11. The molecule has 6 nitrogen and oxygen atoms in total. The van der Waals surface area contributed by atoms with Gasteiger partial charge in [0.2, 0.25) is 11.0 Å². The lowest BCUT2D eigenvalue weighted by molar-refractivity contribution is -0.120. The van der Waals surface area contributed by atoms with Crippen LogP contribution in [0.15, 0.2) is 24.3 Å². The van der Waals surface area contributed by atoms with Crippen LogP contribution in [0.4, 0.5) is 10.8 Å². The van der Waals surface area contributed by atoms with Gasteiger partial charge in [0.15, 0.2) is 0 Å². The Balaban J connectivity index is 1.54. The van der Waals surface area contributed by atoms with E-state index in [4.69, 9.17) is 0 Å². The fourth-order valence-electron chi connectivity index (χ4n) is 2.85. The zero-order chi connectivity index (χ0) is 17.1. The van der Waals surface area contributed by atoms with Gasteiger partial charge in [-0.25, -0.2) is 0 Å². The molecule has 1 unspecified atom stereocenters. The average molecular weight is 345 g/mol. The molecule has 1 atom stereocenters. The van der Waals surface area contributed by atoms with E-state index in [1.807, 2.05) is 45.0 Å². The molecule has 7 heteroatoms. The summed E-state index contributed by atoms with van der Waals surface area (Å²) < 4.78 is 0. The van der Waals surface area contributed by atoms with Crippen molar-refractivity contribution in [3.05, 3.63) is 34.8 Å². The molecule has 128 valence electrons. The number of carbonyl (C=O) groups excluding carboxylic acids is 1. The number of nitrogens with zero attached hydrogens (tertiary/aromatic N) is 4. The molecule has 1 fully saturated rings. The highest BCUT2D eigenvalue weighted by Crippen LogP contribution is 2.21. The summed E-state index contributed by atoms with van der Waals surface area (Å²) in [6.45, 7) is 9.40. The molecule has 0 radical (unpaired) electrons. The number of piperazine rings is 1. The second-order valence-corrected chi connectivity index (χ2v) is 7.32. The van der Waals surface area contributed by atoms with E-state index < -0.39 is 0 Å². The van der Waals surface area contributed by atoms with Crippen LogP contribution in [-0.2, 0) is 4.79 Å². The first kappa shape index (κ1) is 16.9. The molecule has 1 aromatic heterocycles. The van der Waals surface area contributed by atoms with E-state index in [1.165, 1.54) is 0 Å². The Hall–Kier alpha value is -1.99. The fraction of sp³-hybridized carbons (Fsp3) is 0.471. The zero-order valence-corrected chi connectivity index (χ0v) is 15.1. The van der Waals surface area contributed by atoms with E-state index >= 15 is 0 Å². The summed E-state index contributed by atoms with van der Waals surface area (Å²) in [4.78, 5) is 17.0. The van der Waals surface area contributed by atoms with Crippen LogP contribution in [0.3, 0.4) is 0 Å². The summed E-state index contributed by atoms with van der Waals surface area (Å²) in [5.74, 6) is 0.0424. The lowest BCUT2D eigenvalue weighted by Gasteiger charge is -2.37. The number of aryl methyl sites for hydroxylation is 2. The monoisotopic (exact) mass is 345 g/mol. The maximum atomic E-state index is 12.5. The van der Waals surface area contributed by atoms with Crippen molar-refractivity contribution in [2.75, 3.05) is 36.4 Å². The first-order valence-electron chi connectivity index (χ1n) is 8.19. The van der Waals surface area contributed by atoms with Crippen LogP contribution in [0, 0.1) is 13.8 Å². The number of amides is 1. The van der Waals surface area contributed by atoms with Crippen molar-refractivity contribution >= 4 is 28.1 Å². The third-order valence-electron chi connectivity index (χ3n) is 4.31. The molecule has 1 saturated heterocycles. The van der Waals surface area contributed by atoms with Crippen molar-refractivity contribution in [3.8, 4) is 0 Å². The van der Waals surface area contributed by atoms with Crippen molar-refractivity contribution in [2.45, 2.75) is 26.8 Å². The second kappa shape index (κ2) is 7.27. The quantitative estimate of drug-likeness (QED) is 0.921. The molecule has 0 aliphatic carbocycles. The molecule has 2 aromatic rings. The van der Waals surface area contributed by atoms with Gasteiger partial charge in [0.05, 0.1) is 6.04 Å². The number of rotatable bonds is 4. The molecule has 3 rings (SSSR count). The summed E-state index contributed by atoms with van der Waals surface area (Å²) in [5, 5.41) is 13.3. The van der Waals surface area contributed by atoms with Crippen molar-refractivity contribution in [2.24, 2.45) is 0 Å². The topological polar surface area (TPSA) is 61.4 Å². The predicted octanol–water partition coefficient (Wildman–Crippen LogP) is 2.30. The number of carbonyl (C=O) groups is 1. The molecule has 1 aliphatic rings. The predicted molar refractivity (Wildman–Crippen MR) is 97.7 cm³/mol. The average Bonchev–Trinajstić information content (AvgIpc) is 3.01. The maximum Gasteiger partial charge on any atom is 0.241 e. The van der Waals surface area contributed by atoms with Crippen LogP contribution in [0.5, 0.6) is 0 Å². The number of benzene rings is 1. The second-order valence-electron chi connectivity index (χ2n) is 6.16. The summed E-state index contributed by atoms with van der Waals surface area (Å²) >= 11 is 1.62. The summed E-state index contributed by atoms with van der Waals surface area (Å²) in [5.41, 5.74) is 2.00. The molecular weight excluding hydrogens is 322 g/mol. The van der Waals surface area contributed by atoms with E-state index in [2.05, 4.69) is 25.3 Å². The van der Waals surface area contributed by atoms with Crippen LogP contribution < -0.4 is 10.2 Å². The van der Waals surface area contributed by atoms with Crippen LogP contribution >= 0.6 is 11.3 Å². The number of nitrogens with one attached hydrogen (secondary N) is 1. The normalized spacial score (nSPS) is 16.9. The molecule has 1 N–H and O–H groups in total. The van der Waals surface area contributed by atoms with Gasteiger partial charge in [-0.15, -0.1) is 10.2 Å². The van der Waals surface area contributed by atoms with Gasteiger partial charge in [-0.2, -0.15) is 0 Å². The minimum atomic E-state index is -0.149. The van der Waals surface area contributed by atoms with Gasteiger partial charge in [-0.1, -0.05) is 23.5 Å². The Morgan fingerprint density at radius 1 is 1.21 bits per heavy atom. The Bertz CT molecular complexity index is 709. The van der Waals surface area contributed by atoms with Gasteiger partial charge in [-0.05, 0) is 38.5 Å². The van der Waals surface area contributed by atoms with Crippen molar-refractivity contribution in [3.63, 3.8) is 0 Å². The molecule has 1 amide bonds. The highest BCUT2D eigenvalue weighted by Gasteiger charge is 2.26. The van der Waals surface area contributed by atoms with E-state index in [9.17, 15) is 4.79 Å². The zero-order valence-electron chi connectivity index (χ0n) is 14.3. The van der Waals surface area contributed by atoms with Crippen LogP contribution in [0.1, 0.15) is 17.5 Å². The molecule has 24 heavy (non-hydrogen) atoms. The number of aromatic nitrogens is 2. The van der Waals surface area contributed by atoms with Gasteiger partial charge in [-0.3, -0.25) is 9.69 Å². The van der Waals surface area contributed by atoms with Crippen molar-refractivity contribution in [1.29, 1.82) is 0 Å². The van der Waals surface area contributed by atoms with Gasteiger partial charge < -0.3 is 10.2 Å². The molecule has 1 aliphatic heterocycles. The molecule has 1 aromatic carbocycles. The SMILES string of the molecule is Cc1cccc(NC(=O)C(C)N2CCN(c3nnc(C)s3)CC2)c1. The Morgan fingerprint density at radius 3 is 2.58 bits per heavy atom. The summed E-state index contributed by atoms with van der Waals surface area (Å²) in [7, 11) is 0. The lowest BCUT2D eigenvalue weighted by Crippen LogP contribution is -2.52. The lowest BCUT2D eigenvalue weighted by atomic mass is 10.2. The summed E-state index contributed by atoms with van der Waals surface area (Å²) in [6, 6.07) is 7.74. The number of hydrogen-bond acceptors (Lipinski definition) is 6. The smallest absolute Gasteiger partial charge is 0.241 e. The molecule has 0 spiro atoms. The van der Waals surface area contributed by atoms with Gasteiger partial charge >= 0.3 is 0 Å². The van der Waals surface area contributed by atoms with Crippen LogP contribution in [0.2, 0.25) is 0 Å². The van der Waals surface area contributed by atoms with Crippen molar-refractivity contribution in [1.82, 2.24) is 15.1 Å². The first-order valence-corrected chi connectivity index (χ1v) is 9.01. The van der Waals surface area contributed by atoms with E-state index in [1.54, 1.807) is 11.3 Å². The minimum absolute atomic E-state index is 0.0424. The Morgan fingerprint density at radius 2 is 1.96 bits per heavy atom. The van der Waals surface area contributed by atoms with Gasteiger partial charge in [0.1, 0.15) is 5.01 Å². The molecule has 2 heterocycles. The maximum absolute atomic E-state index is 12.5. The van der Waals surface area contributed by atoms with Crippen LogP contribution in [0.25, 0.3) is 0 Å². The molecule has 0 bridgehead atoms. The van der Waals surface area contributed by atoms with E-state index in [0.717, 1.165) is 47.6 Å². The third-order valence-corrected chi connectivity index (χ3v) is 5.21. The third kappa shape index (κ3) is 3.91. The number of anilines is 2. The van der Waals surface area contributed by atoms with Gasteiger partial charge in [0.25, 0.3) is 0 Å². The first-order chi connectivity index (χ1) is 11.5. The van der Waals surface area contributed by atoms with E-state index in [0.29, 0.717) is 0 Å². The van der Waals surface area contributed by atoms with Crippen LogP contribution in [-0.4, -0.2) is 53.2 Å². The minimum Gasteiger partial charge on any atom is -0.344 e. The highest BCUT2D eigenvalue weighted by molar-refractivity contribution is 7.15. The van der Waals surface area contributed by atoms with Gasteiger partial charge in [0, 0.05) is 31.9 Å². The fourth-order valence-corrected chi connectivity index (χ4v) is 3.59.